The van der Waals surface area contributed by atoms with Gasteiger partial charge in [-0.1, -0.05) is 31.5 Å². The Morgan fingerprint density at radius 2 is 2.10 bits per heavy atom. The van der Waals surface area contributed by atoms with E-state index in [1.807, 2.05) is 0 Å². The molecule has 0 bridgehead atoms. The van der Waals surface area contributed by atoms with E-state index >= 15 is 0 Å². The molecule has 6 nitrogen and oxygen atoms in total. The van der Waals surface area contributed by atoms with Crippen molar-refractivity contribution < 1.29 is 9.72 Å². The number of hydrogen-bond donors (Lipinski definition) is 1. The standard InChI is InChI=1S/C14H20ClN3O3/c1-3-9-17(4-2)10-8-16-14(19)11-6-5-7-12(13(11)15)18(20)21/h5-7H,3-4,8-10H2,1-2H3,(H,16,19). The van der Waals surface area contributed by atoms with E-state index in [4.69, 9.17) is 11.6 Å². The molecule has 116 valence electrons. The molecular formula is C14H20ClN3O3. The normalized spacial score (nSPS) is 10.7. The number of nitro benzene ring substituents is 1. The van der Waals surface area contributed by atoms with Crippen LogP contribution in [0.15, 0.2) is 18.2 Å². The Bertz CT molecular complexity index is 508. The molecule has 0 radical (unpaired) electrons. The number of carbonyl (C=O) groups excluding carboxylic acids is 1. The molecule has 0 aromatic heterocycles. The zero-order valence-corrected chi connectivity index (χ0v) is 13.0. The van der Waals surface area contributed by atoms with Gasteiger partial charge in [-0.2, -0.15) is 0 Å². The predicted octanol–water partition coefficient (Wildman–Crippen LogP) is 2.71. The Hall–Kier alpha value is -1.66. The number of nitrogens with zero attached hydrogens (tertiary/aromatic N) is 2. The Morgan fingerprint density at radius 3 is 2.67 bits per heavy atom. The van der Waals surface area contributed by atoms with Crippen molar-refractivity contribution in [2.75, 3.05) is 26.2 Å². The van der Waals surface area contributed by atoms with Gasteiger partial charge in [0.1, 0.15) is 5.02 Å². The SMILES string of the molecule is CCCN(CC)CCNC(=O)c1cccc([N+](=O)[O-])c1Cl. The molecule has 7 heteroatoms. The second-order valence-corrected chi connectivity index (χ2v) is 4.96. The molecule has 0 saturated carbocycles. The fourth-order valence-corrected chi connectivity index (χ4v) is 2.28. The molecular weight excluding hydrogens is 294 g/mol. The van der Waals surface area contributed by atoms with Crippen LogP contribution in [0, 0.1) is 10.1 Å². The van der Waals surface area contributed by atoms with Crippen LogP contribution in [0.5, 0.6) is 0 Å². The fraction of sp³-hybridized carbons (Fsp3) is 0.500. The van der Waals surface area contributed by atoms with Crippen molar-refractivity contribution in [2.45, 2.75) is 20.3 Å². The zero-order valence-electron chi connectivity index (χ0n) is 12.3. The first-order chi connectivity index (χ1) is 10.0. The fourth-order valence-electron chi connectivity index (χ4n) is 2.00. The Morgan fingerprint density at radius 1 is 1.38 bits per heavy atom. The van der Waals surface area contributed by atoms with Crippen molar-refractivity contribution in [2.24, 2.45) is 0 Å². The average Bonchev–Trinajstić information content (AvgIpc) is 2.46. The first kappa shape index (κ1) is 17.4. The third-order valence-corrected chi connectivity index (χ3v) is 3.52. The molecule has 1 rings (SSSR count). The molecule has 0 heterocycles. The van der Waals surface area contributed by atoms with Crippen LogP contribution in [-0.4, -0.2) is 41.9 Å². The molecule has 0 spiro atoms. The minimum atomic E-state index is -0.598. The van der Waals surface area contributed by atoms with Gasteiger partial charge in [-0.05, 0) is 25.6 Å². The maximum Gasteiger partial charge on any atom is 0.288 e. The minimum absolute atomic E-state index is 0.124. The van der Waals surface area contributed by atoms with Crippen molar-refractivity contribution in [1.82, 2.24) is 10.2 Å². The van der Waals surface area contributed by atoms with Gasteiger partial charge in [-0.3, -0.25) is 14.9 Å². The molecule has 1 aromatic rings. The van der Waals surface area contributed by atoms with E-state index in [0.717, 1.165) is 26.1 Å². The first-order valence-electron chi connectivity index (χ1n) is 6.94. The van der Waals surface area contributed by atoms with Gasteiger partial charge in [-0.25, -0.2) is 0 Å². The van der Waals surface area contributed by atoms with E-state index in [1.54, 1.807) is 0 Å². The van der Waals surface area contributed by atoms with Crippen molar-refractivity contribution in [3.05, 3.63) is 38.9 Å². The molecule has 0 atom stereocenters. The minimum Gasteiger partial charge on any atom is -0.351 e. The number of halogens is 1. The second-order valence-electron chi connectivity index (χ2n) is 4.59. The van der Waals surface area contributed by atoms with Gasteiger partial charge >= 0.3 is 0 Å². The summed E-state index contributed by atoms with van der Waals surface area (Å²) in [7, 11) is 0. The summed E-state index contributed by atoms with van der Waals surface area (Å²) < 4.78 is 0. The lowest BCUT2D eigenvalue weighted by Crippen LogP contribution is -2.35. The van der Waals surface area contributed by atoms with Gasteiger partial charge in [-0.15, -0.1) is 0 Å². The summed E-state index contributed by atoms with van der Waals surface area (Å²) in [6, 6.07) is 4.21. The summed E-state index contributed by atoms with van der Waals surface area (Å²) in [5.74, 6) is -0.392. The number of carbonyl (C=O) groups is 1. The van der Waals surface area contributed by atoms with Crippen LogP contribution in [0.1, 0.15) is 30.6 Å². The van der Waals surface area contributed by atoms with Crippen LogP contribution in [0.3, 0.4) is 0 Å². The summed E-state index contributed by atoms with van der Waals surface area (Å²) in [5, 5.41) is 13.4. The van der Waals surface area contributed by atoms with Crippen LogP contribution in [-0.2, 0) is 0 Å². The second kappa shape index (κ2) is 8.59. The van der Waals surface area contributed by atoms with Crippen LogP contribution < -0.4 is 5.32 Å². The van der Waals surface area contributed by atoms with Crippen molar-refractivity contribution in [3.8, 4) is 0 Å². The van der Waals surface area contributed by atoms with Crippen LogP contribution >= 0.6 is 11.6 Å². The van der Waals surface area contributed by atoms with Crippen molar-refractivity contribution in [3.63, 3.8) is 0 Å². The molecule has 21 heavy (non-hydrogen) atoms. The topological polar surface area (TPSA) is 75.5 Å². The number of rotatable bonds is 8. The molecule has 0 aliphatic rings. The van der Waals surface area contributed by atoms with Crippen LogP contribution in [0.25, 0.3) is 0 Å². The number of nitrogens with one attached hydrogen (secondary N) is 1. The molecule has 1 amide bonds. The number of hydrogen-bond acceptors (Lipinski definition) is 4. The average molecular weight is 314 g/mol. The smallest absolute Gasteiger partial charge is 0.288 e. The molecule has 0 aliphatic carbocycles. The van der Waals surface area contributed by atoms with E-state index in [0.29, 0.717) is 6.54 Å². The lowest BCUT2D eigenvalue weighted by molar-refractivity contribution is -0.384. The van der Waals surface area contributed by atoms with Crippen LogP contribution in [0.2, 0.25) is 5.02 Å². The maximum atomic E-state index is 12.0. The molecule has 0 unspecified atom stereocenters. The van der Waals surface area contributed by atoms with Crippen molar-refractivity contribution in [1.29, 1.82) is 0 Å². The molecule has 0 saturated heterocycles. The van der Waals surface area contributed by atoms with Gasteiger partial charge in [0.25, 0.3) is 11.6 Å². The van der Waals surface area contributed by atoms with E-state index < -0.39 is 10.8 Å². The van der Waals surface area contributed by atoms with E-state index in [-0.39, 0.29) is 16.3 Å². The van der Waals surface area contributed by atoms with Gasteiger partial charge < -0.3 is 10.2 Å². The Kier molecular flexibility index (Phi) is 7.11. The lowest BCUT2D eigenvalue weighted by Gasteiger charge is -2.19. The monoisotopic (exact) mass is 313 g/mol. The molecule has 0 fully saturated rings. The zero-order chi connectivity index (χ0) is 15.8. The highest BCUT2D eigenvalue weighted by Crippen LogP contribution is 2.27. The largest absolute Gasteiger partial charge is 0.351 e. The van der Waals surface area contributed by atoms with E-state index in [1.165, 1.54) is 18.2 Å². The number of likely N-dealkylation sites (N-methyl/N-ethyl adjacent to an activating group) is 1. The number of amides is 1. The highest BCUT2D eigenvalue weighted by atomic mass is 35.5. The third kappa shape index (κ3) is 4.99. The quantitative estimate of drug-likeness (QED) is 0.591. The molecule has 1 N–H and O–H groups in total. The molecule has 1 aromatic carbocycles. The Balaban J connectivity index is 2.64. The Labute approximate surface area is 129 Å². The maximum absolute atomic E-state index is 12.0. The van der Waals surface area contributed by atoms with Gasteiger partial charge in [0.2, 0.25) is 0 Å². The first-order valence-corrected chi connectivity index (χ1v) is 7.32. The number of nitro groups is 1. The van der Waals surface area contributed by atoms with Gasteiger partial charge in [0.15, 0.2) is 0 Å². The van der Waals surface area contributed by atoms with E-state index in [2.05, 4.69) is 24.1 Å². The van der Waals surface area contributed by atoms with Crippen molar-refractivity contribution >= 4 is 23.2 Å². The lowest BCUT2D eigenvalue weighted by atomic mass is 10.2. The summed E-state index contributed by atoms with van der Waals surface area (Å²) in [6.45, 7) is 7.28. The molecule has 0 aliphatic heterocycles. The van der Waals surface area contributed by atoms with Gasteiger partial charge in [0.05, 0.1) is 10.5 Å². The van der Waals surface area contributed by atoms with E-state index in [9.17, 15) is 14.9 Å². The van der Waals surface area contributed by atoms with Crippen LogP contribution in [0.4, 0.5) is 5.69 Å². The van der Waals surface area contributed by atoms with Gasteiger partial charge in [0, 0.05) is 19.2 Å². The predicted molar refractivity (Wildman–Crippen MR) is 82.8 cm³/mol. The summed E-state index contributed by atoms with van der Waals surface area (Å²) >= 11 is 5.90. The summed E-state index contributed by atoms with van der Waals surface area (Å²) in [6.07, 6.45) is 1.05. The highest BCUT2D eigenvalue weighted by molar-refractivity contribution is 6.35. The summed E-state index contributed by atoms with van der Waals surface area (Å²) in [5.41, 5.74) is -0.130. The third-order valence-electron chi connectivity index (χ3n) is 3.12. The summed E-state index contributed by atoms with van der Waals surface area (Å²) in [4.78, 5) is 24.4. The highest BCUT2D eigenvalue weighted by Gasteiger charge is 2.19. The number of benzene rings is 1.